The zero-order chi connectivity index (χ0) is 22.3. The van der Waals surface area contributed by atoms with Crippen molar-refractivity contribution in [1.29, 1.82) is 0 Å². The molecule has 0 N–H and O–H groups in total. The van der Waals surface area contributed by atoms with Gasteiger partial charge in [0.2, 0.25) is 0 Å². The highest BCUT2D eigenvalue weighted by molar-refractivity contribution is 8.19. The smallest absolute Gasteiger partial charge is 0.318 e. The van der Waals surface area contributed by atoms with E-state index in [0.29, 0.717) is 28.3 Å². The zero-order valence-corrected chi connectivity index (χ0v) is 17.4. The van der Waals surface area contributed by atoms with Gasteiger partial charge in [-0.1, -0.05) is 24.3 Å². The Labute approximate surface area is 181 Å². The Morgan fingerprint density at radius 1 is 0.903 bits per heavy atom. The molecule has 1 saturated heterocycles. The van der Waals surface area contributed by atoms with Gasteiger partial charge in [0, 0.05) is 17.1 Å². The van der Waals surface area contributed by atoms with Crippen molar-refractivity contribution in [3.63, 3.8) is 0 Å². The van der Waals surface area contributed by atoms with Crippen molar-refractivity contribution >= 4 is 34.7 Å². The zero-order valence-electron chi connectivity index (χ0n) is 16.6. The molecule has 2 amide bonds. The van der Waals surface area contributed by atoms with Crippen LogP contribution < -0.4 is 4.90 Å². The number of aryl methyl sites for hydroxylation is 1. The maximum atomic E-state index is 13.1. The lowest BCUT2D eigenvalue weighted by molar-refractivity contribution is -0.137. The number of rotatable bonds is 3. The minimum atomic E-state index is -4.44. The first-order valence-corrected chi connectivity index (χ1v) is 10.2. The lowest BCUT2D eigenvalue weighted by Gasteiger charge is -2.13. The van der Waals surface area contributed by atoms with Crippen molar-refractivity contribution in [3.8, 4) is 5.69 Å². The van der Waals surface area contributed by atoms with E-state index in [-0.39, 0.29) is 4.91 Å². The Balaban J connectivity index is 1.71. The van der Waals surface area contributed by atoms with Crippen molar-refractivity contribution in [2.24, 2.45) is 0 Å². The van der Waals surface area contributed by atoms with Crippen LogP contribution in [-0.4, -0.2) is 15.7 Å². The van der Waals surface area contributed by atoms with E-state index in [0.717, 1.165) is 28.8 Å². The molecule has 3 aromatic rings. The predicted molar refractivity (Wildman–Crippen MR) is 115 cm³/mol. The van der Waals surface area contributed by atoms with Crippen molar-refractivity contribution in [2.45, 2.75) is 20.0 Å². The number of aromatic nitrogens is 1. The Morgan fingerprint density at radius 2 is 1.58 bits per heavy atom. The molecule has 4 rings (SSSR count). The molecule has 0 saturated carbocycles. The number of hydrogen-bond donors (Lipinski definition) is 0. The van der Waals surface area contributed by atoms with Crippen molar-refractivity contribution in [1.82, 2.24) is 4.57 Å². The summed E-state index contributed by atoms with van der Waals surface area (Å²) >= 11 is 0.837. The summed E-state index contributed by atoms with van der Waals surface area (Å²) in [5.74, 6) is -0.426. The van der Waals surface area contributed by atoms with Crippen molar-refractivity contribution in [3.05, 3.63) is 88.1 Å². The number of carbonyl (C=O) groups is 2. The van der Waals surface area contributed by atoms with E-state index in [1.165, 1.54) is 6.07 Å². The van der Waals surface area contributed by atoms with Gasteiger partial charge >= 0.3 is 6.18 Å². The number of imide groups is 1. The van der Waals surface area contributed by atoms with Gasteiger partial charge in [0.15, 0.2) is 0 Å². The number of benzene rings is 2. The molecule has 0 atom stereocenters. The van der Waals surface area contributed by atoms with Crippen LogP contribution in [0.4, 0.5) is 23.7 Å². The normalized spacial score (nSPS) is 15.9. The van der Waals surface area contributed by atoms with E-state index in [1.807, 2.05) is 0 Å². The molecule has 1 fully saturated rings. The standard InChI is InChI=1S/C23H17F3N2O2S/c1-14-11-16(15(2)27(14)19-10-6-7-17(13-19)23(24,25)26)12-20-21(29)28(22(30)31-20)18-8-4-3-5-9-18/h3-13H,1-2H3/b20-12+. The van der Waals surface area contributed by atoms with Gasteiger partial charge in [0.1, 0.15) is 0 Å². The molecule has 8 heteroatoms. The fraction of sp³-hybridized carbons (Fsp3) is 0.130. The molecular weight excluding hydrogens is 425 g/mol. The lowest BCUT2D eigenvalue weighted by atomic mass is 10.2. The van der Waals surface area contributed by atoms with Crippen LogP contribution in [0.5, 0.6) is 0 Å². The summed E-state index contributed by atoms with van der Waals surface area (Å²) in [6, 6.07) is 15.5. The van der Waals surface area contributed by atoms with E-state index < -0.39 is 22.9 Å². The molecule has 1 aliphatic heterocycles. The maximum Gasteiger partial charge on any atom is 0.416 e. The van der Waals surface area contributed by atoms with E-state index >= 15 is 0 Å². The van der Waals surface area contributed by atoms with Gasteiger partial charge in [0.25, 0.3) is 11.1 Å². The number of alkyl halides is 3. The van der Waals surface area contributed by atoms with Crippen LogP contribution in [0.3, 0.4) is 0 Å². The van der Waals surface area contributed by atoms with E-state index in [4.69, 9.17) is 0 Å². The second kappa shape index (κ2) is 7.77. The highest BCUT2D eigenvalue weighted by atomic mass is 32.2. The number of para-hydroxylation sites is 1. The first-order chi connectivity index (χ1) is 14.7. The van der Waals surface area contributed by atoms with Gasteiger partial charge in [-0.3, -0.25) is 9.59 Å². The largest absolute Gasteiger partial charge is 0.416 e. The number of amides is 2. The molecule has 0 aliphatic carbocycles. The van der Waals surface area contributed by atoms with Crippen molar-refractivity contribution in [2.75, 3.05) is 4.90 Å². The molecule has 158 valence electrons. The predicted octanol–water partition coefficient (Wildman–Crippen LogP) is 6.35. The number of anilines is 1. The minimum Gasteiger partial charge on any atom is -0.318 e. The second-order valence-corrected chi connectivity index (χ2v) is 8.06. The van der Waals surface area contributed by atoms with Gasteiger partial charge in [-0.15, -0.1) is 0 Å². The molecule has 1 aliphatic rings. The molecule has 2 heterocycles. The monoisotopic (exact) mass is 442 g/mol. The summed E-state index contributed by atoms with van der Waals surface area (Å²) in [5.41, 5.74) is 2.18. The number of halogens is 3. The van der Waals surface area contributed by atoms with Gasteiger partial charge in [-0.2, -0.15) is 13.2 Å². The van der Waals surface area contributed by atoms with Crippen LogP contribution in [0, 0.1) is 13.8 Å². The summed E-state index contributed by atoms with van der Waals surface area (Å²) in [6.07, 6.45) is -2.83. The summed E-state index contributed by atoms with van der Waals surface area (Å²) < 4.78 is 41.1. The quantitative estimate of drug-likeness (QED) is 0.444. The second-order valence-electron chi connectivity index (χ2n) is 7.06. The highest BCUT2D eigenvalue weighted by Crippen LogP contribution is 2.37. The Morgan fingerprint density at radius 3 is 2.26 bits per heavy atom. The molecule has 0 spiro atoms. The molecule has 0 bridgehead atoms. The van der Waals surface area contributed by atoms with E-state index in [1.54, 1.807) is 67.0 Å². The third-order valence-electron chi connectivity index (χ3n) is 5.00. The lowest BCUT2D eigenvalue weighted by Crippen LogP contribution is -2.27. The highest BCUT2D eigenvalue weighted by Gasteiger charge is 2.36. The summed E-state index contributed by atoms with van der Waals surface area (Å²) in [4.78, 5) is 26.6. The van der Waals surface area contributed by atoms with Crippen LogP contribution in [0.25, 0.3) is 11.8 Å². The van der Waals surface area contributed by atoms with Crippen molar-refractivity contribution < 1.29 is 22.8 Å². The fourth-order valence-corrected chi connectivity index (χ4v) is 4.39. The number of carbonyl (C=O) groups excluding carboxylic acids is 2. The average molecular weight is 442 g/mol. The Bertz CT molecular complexity index is 1210. The van der Waals surface area contributed by atoms with E-state index in [2.05, 4.69) is 0 Å². The molecule has 1 aromatic heterocycles. The fourth-order valence-electron chi connectivity index (χ4n) is 3.56. The Hall–Kier alpha value is -3.26. The van der Waals surface area contributed by atoms with Crippen LogP contribution in [0.15, 0.2) is 65.6 Å². The maximum absolute atomic E-state index is 13.1. The van der Waals surface area contributed by atoms with Gasteiger partial charge < -0.3 is 4.57 Å². The minimum absolute atomic E-state index is 0.262. The topological polar surface area (TPSA) is 42.3 Å². The molecule has 0 radical (unpaired) electrons. The van der Waals surface area contributed by atoms with Crippen LogP contribution in [-0.2, 0) is 11.0 Å². The molecule has 4 nitrogen and oxygen atoms in total. The first kappa shape index (κ1) is 21.0. The Kier molecular flexibility index (Phi) is 5.26. The van der Waals surface area contributed by atoms with Gasteiger partial charge in [-0.05, 0) is 73.6 Å². The molecule has 2 aromatic carbocycles. The number of thioether (sulfide) groups is 1. The molecule has 31 heavy (non-hydrogen) atoms. The summed E-state index contributed by atoms with van der Waals surface area (Å²) in [6.45, 7) is 3.54. The number of hydrogen-bond acceptors (Lipinski definition) is 3. The SMILES string of the molecule is Cc1cc(/C=C2/SC(=O)N(c3ccccc3)C2=O)c(C)n1-c1cccc(C(F)(F)F)c1. The molecular formula is C23H17F3N2O2S. The van der Waals surface area contributed by atoms with Crippen LogP contribution in [0.2, 0.25) is 0 Å². The van der Waals surface area contributed by atoms with E-state index in [9.17, 15) is 22.8 Å². The van der Waals surface area contributed by atoms with Crippen LogP contribution in [0.1, 0.15) is 22.5 Å². The van der Waals surface area contributed by atoms with Crippen LogP contribution >= 0.6 is 11.8 Å². The number of nitrogens with zero attached hydrogens (tertiary/aromatic N) is 2. The molecule has 0 unspecified atom stereocenters. The third kappa shape index (κ3) is 3.90. The average Bonchev–Trinajstić information content (AvgIpc) is 3.16. The first-order valence-electron chi connectivity index (χ1n) is 9.36. The van der Waals surface area contributed by atoms with Gasteiger partial charge in [-0.25, -0.2) is 4.90 Å². The third-order valence-corrected chi connectivity index (χ3v) is 5.87. The summed E-state index contributed by atoms with van der Waals surface area (Å²) in [7, 11) is 0. The summed E-state index contributed by atoms with van der Waals surface area (Å²) in [5, 5.41) is -0.394. The van der Waals surface area contributed by atoms with Gasteiger partial charge in [0.05, 0.1) is 16.2 Å².